The summed E-state index contributed by atoms with van der Waals surface area (Å²) in [6.07, 6.45) is 13.8. The molecule has 20 heavy (non-hydrogen) atoms. The summed E-state index contributed by atoms with van der Waals surface area (Å²) in [5.74, 6) is 0. The van der Waals surface area contributed by atoms with Gasteiger partial charge >= 0.3 is 0 Å². The SMILES string of the molecule is C=CC[Si](CC=NCCCCCCC)(CCC)CCC. The molecule has 118 valence electrons. The van der Waals surface area contributed by atoms with Crippen LogP contribution in [0.4, 0.5) is 0 Å². The fourth-order valence-corrected chi connectivity index (χ4v) is 7.62. The number of rotatable bonds is 14. The Hall–Kier alpha value is -0.373. The molecule has 0 spiro atoms. The first-order valence-corrected chi connectivity index (χ1v) is 11.7. The molecule has 0 amide bonds. The first-order valence-electron chi connectivity index (χ1n) is 8.83. The van der Waals surface area contributed by atoms with E-state index >= 15 is 0 Å². The van der Waals surface area contributed by atoms with E-state index in [1.807, 2.05) is 0 Å². The van der Waals surface area contributed by atoms with Crippen molar-refractivity contribution in [3.05, 3.63) is 12.7 Å². The average molecular weight is 296 g/mol. The smallest absolute Gasteiger partial charge is 0.0626 e. The zero-order chi connectivity index (χ0) is 15.1. The van der Waals surface area contributed by atoms with Gasteiger partial charge in [0, 0.05) is 6.54 Å². The Labute approximate surface area is 129 Å². The average Bonchev–Trinajstić information content (AvgIpc) is 2.43. The second-order valence-corrected chi connectivity index (χ2v) is 11.0. The summed E-state index contributed by atoms with van der Waals surface area (Å²) in [7, 11) is -1.14. The van der Waals surface area contributed by atoms with Gasteiger partial charge in [0.1, 0.15) is 0 Å². The van der Waals surface area contributed by atoms with Gasteiger partial charge in [0.25, 0.3) is 0 Å². The van der Waals surface area contributed by atoms with E-state index in [1.165, 1.54) is 69.1 Å². The van der Waals surface area contributed by atoms with Gasteiger partial charge < -0.3 is 0 Å². The second kappa shape index (κ2) is 13.6. The van der Waals surface area contributed by atoms with Crippen LogP contribution in [-0.2, 0) is 0 Å². The topological polar surface area (TPSA) is 12.4 Å². The maximum Gasteiger partial charge on any atom is 0.0626 e. The molecule has 0 saturated heterocycles. The minimum absolute atomic E-state index is 1.04. The molecule has 0 radical (unpaired) electrons. The van der Waals surface area contributed by atoms with Crippen LogP contribution in [0.15, 0.2) is 17.6 Å². The molecule has 2 heteroatoms. The number of hydrogen-bond acceptors (Lipinski definition) is 1. The number of aliphatic imine (C=N–C) groups is 1. The number of unbranched alkanes of at least 4 members (excludes halogenated alkanes) is 4. The fourth-order valence-electron chi connectivity index (χ4n) is 3.14. The van der Waals surface area contributed by atoms with Crippen molar-refractivity contribution >= 4 is 14.3 Å². The van der Waals surface area contributed by atoms with Crippen molar-refractivity contribution in [1.82, 2.24) is 0 Å². The van der Waals surface area contributed by atoms with E-state index in [2.05, 4.69) is 44.6 Å². The molecular weight excluding hydrogens is 258 g/mol. The highest BCUT2D eigenvalue weighted by molar-refractivity contribution is 6.82. The first kappa shape index (κ1) is 19.6. The van der Waals surface area contributed by atoms with E-state index in [0.717, 1.165) is 6.54 Å². The molecule has 0 unspecified atom stereocenters. The highest BCUT2D eigenvalue weighted by atomic mass is 28.3. The number of hydrogen-bond donors (Lipinski definition) is 0. The van der Waals surface area contributed by atoms with Gasteiger partial charge in [-0.2, -0.15) is 0 Å². The Bertz CT molecular complexity index is 242. The minimum Gasteiger partial charge on any atom is -0.298 e. The molecule has 0 aliphatic rings. The Kier molecular flexibility index (Phi) is 13.3. The van der Waals surface area contributed by atoms with E-state index in [0.29, 0.717) is 0 Å². The normalized spacial score (nSPS) is 12.2. The Balaban J connectivity index is 4.06. The highest BCUT2D eigenvalue weighted by Crippen LogP contribution is 2.28. The van der Waals surface area contributed by atoms with Crippen molar-refractivity contribution in [2.75, 3.05) is 6.54 Å². The molecular formula is C18H37NSi. The number of allylic oxidation sites excluding steroid dienone is 1. The van der Waals surface area contributed by atoms with Gasteiger partial charge in [-0.3, -0.25) is 4.99 Å². The van der Waals surface area contributed by atoms with E-state index in [1.54, 1.807) is 0 Å². The first-order chi connectivity index (χ1) is 9.74. The van der Waals surface area contributed by atoms with Crippen molar-refractivity contribution in [2.45, 2.75) is 89.9 Å². The second-order valence-electron chi connectivity index (χ2n) is 6.20. The van der Waals surface area contributed by atoms with Gasteiger partial charge in [0.2, 0.25) is 0 Å². The van der Waals surface area contributed by atoms with Crippen LogP contribution in [0.25, 0.3) is 0 Å². The Morgan fingerprint density at radius 3 is 2.05 bits per heavy atom. The lowest BCUT2D eigenvalue weighted by Gasteiger charge is -2.28. The van der Waals surface area contributed by atoms with Crippen LogP contribution >= 0.6 is 0 Å². The summed E-state index contributed by atoms with van der Waals surface area (Å²) in [4.78, 5) is 4.68. The largest absolute Gasteiger partial charge is 0.298 e. The van der Waals surface area contributed by atoms with Gasteiger partial charge in [0.15, 0.2) is 0 Å². The maximum absolute atomic E-state index is 4.68. The van der Waals surface area contributed by atoms with Gasteiger partial charge in [-0.1, -0.05) is 77.5 Å². The molecule has 0 heterocycles. The van der Waals surface area contributed by atoms with Gasteiger partial charge in [-0.15, -0.1) is 6.58 Å². The van der Waals surface area contributed by atoms with Crippen molar-refractivity contribution < 1.29 is 0 Å². The molecule has 1 nitrogen and oxygen atoms in total. The molecule has 0 rings (SSSR count). The molecule has 0 fully saturated rings. The van der Waals surface area contributed by atoms with Gasteiger partial charge in [-0.25, -0.2) is 0 Å². The lowest BCUT2D eigenvalue weighted by molar-refractivity contribution is 0.639. The lowest BCUT2D eigenvalue weighted by atomic mass is 10.2. The Morgan fingerprint density at radius 1 is 0.850 bits per heavy atom. The third-order valence-electron chi connectivity index (χ3n) is 4.18. The molecule has 0 bridgehead atoms. The van der Waals surface area contributed by atoms with Gasteiger partial charge in [-0.05, 0) is 24.7 Å². The predicted molar refractivity (Wildman–Crippen MR) is 97.9 cm³/mol. The fraction of sp³-hybridized carbons (Fsp3) is 0.833. The van der Waals surface area contributed by atoms with E-state index in [-0.39, 0.29) is 0 Å². The summed E-state index contributed by atoms with van der Waals surface area (Å²) in [6.45, 7) is 11.9. The molecule has 0 saturated carbocycles. The highest BCUT2D eigenvalue weighted by Gasteiger charge is 2.28. The van der Waals surface area contributed by atoms with Crippen LogP contribution in [0.3, 0.4) is 0 Å². The summed E-state index contributed by atoms with van der Waals surface area (Å²) in [5, 5.41) is 0. The number of nitrogens with zero attached hydrogens (tertiary/aromatic N) is 1. The molecule has 0 aliphatic heterocycles. The van der Waals surface area contributed by atoms with Crippen molar-refractivity contribution in [1.29, 1.82) is 0 Å². The molecule has 0 N–H and O–H groups in total. The van der Waals surface area contributed by atoms with Crippen molar-refractivity contribution in [3.8, 4) is 0 Å². The maximum atomic E-state index is 4.68. The minimum atomic E-state index is -1.14. The summed E-state index contributed by atoms with van der Waals surface area (Å²) >= 11 is 0. The van der Waals surface area contributed by atoms with Crippen LogP contribution in [-0.4, -0.2) is 20.8 Å². The van der Waals surface area contributed by atoms with Crippen molar-refractivity contribution in [2.24, 2.45) is 4.99 Å². The van der Waals surface area contributed by atoms with Crippen LogP contribution in [0.2, 0.25) is 24.2 Å². The molecule has 0 aromatic carbocycles. The molecule has 0 aromatic rings. The molecule has 0 atom stereocenters. The zero-order valence-electron chi connectivity index (χ0n) is 14.3. The monoisotopic (exact) mass is 295 g/mol. The van der Waals surface area contributed by atoms with Crippen LogP contribution < -0.4 is 0 Å². The van der Waals surface area contributed by atoms with Gasteiger partial charge in [0.05, 0.1) is 8.07 Å². The lowest BCUT2D eigenvalue weighted by Crippen LogP contribution is -2.33. The Morgan fingerprint density at radius 2 is 1.50 bits per heavy atom. The standard InChI is InChI=1S/C18H37NSi/c1-5-9-10-11-12-13-19-14-18-20(15-6-2,16-7-3)17-8-4/h6,14H,2,5,7-13,15-18H2,1,3-4H3. The quantitative estimate of drug-likeness (QED) is 0.150. The molecule has 0 aromatic heterocycles. The van der Waals surface area contributed by atoms with E-state index < -0.39 is 8.07 Å². The van der Waals surface area contributed by atoms with Crippen molar-refractivity contribution in [3.63, 3.8) is 0 Å². The van der Waals surface area contributed by atoms with E-state index in [9.17, 15) is 0 Å². The third kappa shape index (κ3) is 9.52. The van der Waals surface area contributed by atoms with Crippen LogP contribution in [0.1, 0.15) is 65.7 Å². The van der Waals surface area contributed by atoms with Crippen LogP contribution in [0.5, 0.6) is 0 Å². The van der Waals surface area contributed by atoms with Crippen LogP contribution in [0, 0.1) is 0 Å². The van der Waals surface area contributed by atoms with E-state index in [4.69, 9.17) is 0 Å². The summed E-state index contributed by atoms with van der Waals surface area (Å²) < 4.78 is 0. The third-order valence-corrected chi connectivity index (χ3v) is 9.51. The summed E-state index contributed by atoms with van der Waals surface area (Å²) in [5.41, 5.74) is 0. The summed E-state index contributed by atoms with van der Waals surface area (Å²) in [6, 6.07) is 5.43. The zero-order valence-corrected chi connectivity index (χ0v) is 15.3. The molecule has 0 aliphatic carbocycles. The predicted octanol–water partition coefficient (Wildman–Crippen LogP) is 6.48.